The summed E-state index contributed by atoms with van der Waals surface area (Å²) >= 11 is 1.37. The van der Waals surface area contributed by atoms with E-state index in [0.717, 1.165) is 17.7 Å². The molecule has 1 aromatic rings. The molecule has 1 unspecified atom stereocenters. The number of likely N-dealkylation sites (tertiary alicyclic amines) is 1. The van der Waals surface area contributed by atoms with Crippen molar-refractivity contribution in [2.24, 2.45) is 5.92 Å². The molecular formula is C20H28N2O4S. The highest BCUT2D eigenvalue weighted by Crippen LogP contribution is 2.27. The molecule has 1 aromatic carbocycles. The molecule has 1 heterocycles. The second-order valence-electron chi connectivity index (χ2n) is 7.20. The fraction of sp³-hybridized carbons (Fsp3) is 0.550. The highest BCUT2D eigenvalue weighted by atomic mass is 32.2. The van der Waals surface area contributed by atoms with Crippen molar-refractivity contribution in [2.75, 3.05) is 18.8 Å². The molecule has 7 heteroatoms. The van der Waals surface area contributed by atoms with Crippen LogP contribution in [0.15, 0.2) is 29.2 Å². The Morgan fingerprint density at radius 2 is 2.04 bits per heavy atom. The van der Waals surface area contributed by atoms with E-state index in [1.807, 2.05) is 36.9 Å². The molecule has 1 atom stereocenters. The van der Waals surface area contributed by atoms with E-state index in [1.165, 1.54) is 11.8 Å². The zero-order chi connectivity index (χ0) is 19.8. The van der Waals surface area contributed by atoms with Crippen molar-refractivity contribution in [3.63, 3.8) is 0 Å². The summed E-state index contributed by atoms with van der Waals surface area (Å²) in [5.74, 6) is -0.384. The van der Waals surface area contributed by atoms with Crippen LogP contribution in [-0.2, 0) is 9.59 Å². The van der Waals surface area contributed by atoms with Gasteiger partial charge in [-0.1, -0.05) is 12.1 Å². The number of hydrogen-bond donors (Lipinski definition) is 2. The Morgan fingerprint density at radius 1 is 1.30 bits per heavy atom. The lowest BCUT2D eigenvalue weighted by Gasteiger charge is -2.33. The fourth-order valence-corrected chi connectivity index (χ4v) is 4.11. The predicted molar refractivity (Wildman–Crippen MR) is 106 cm³/mol. The predicted octanol–water partition coefficient (Wildman–Crippen LogP) is 3.02. The summed E-state index contributed by atoms with van der Waals surface area (Å²) < 4.78 is 0. The monoisotopic (exact) mass is 392 g/mol. The first kappa shape index (κ1) is 21.3. The molecule has 0 aliphatic carbocycles. The second kappa shape index (κ2) is 10.3. The molecule has 27 heavy (non-hydrogen) atoms. The number of aliphatic carboxylic acids is 1. The SMILES string of the molecule is CC(C)NC(=O)CSc1ccccc1C(=O)N1CCCC(CCC(=O)O)C1. The van der Waals surface area contributed by atoms with Crippen LogP contribution in [-0.4, -0.2) is 52.7 Å². The maximum absolute atomic E-state index is 13.0. The van der Waals surface area contributed by atoms with E-state index in [-0.39, 0.29) is 35.9 Å². The number of piperidine rings is 1. The van der Waals surface area contributed by atoms with Gasteiger partial charge in [0.2, 0.25) is 5.91 Å². The number of carbonyl (C=O) groups is 3. The summed E-state index contributed by atoms with van der Waals surface area (Å²) in [5.41, 5.74) is 0.610. The molecule has 2 N–H and O–H groups in total. The Kier molecular flexibility index (Phi) is 8.16. The van der Waals surface area contributed by atoms with Gasteiger partial charge in [-0.05, 0) is 51.2 Å². The van der Waals surface area contributed by atoms with Gasteiger partial charge in [-0.15, -0.1) is 11.8 Å². The maximum atomic E-state index is 13.0. The number of hydrogen-bond acceptors (Lipinski definition) is 4. The molecule has 2 amide bonds. The van der Waals surface area contributed by atoms with Crippen LogP contribution in [0.1, 0.15) is 49.9 Å². The summed E-state index contributed by atoms with van der Waals surface area (Å²) in [6.45, 7) is 5.11. The molecule has 1 fully saturated rings. The van der Waals surface area contributed by atoms with Crippen LogP contribution in [0.4, 0.5) is 0 Å². The van der Waals surface area contributed by atoms with Gasteiger partial charge < -0.3 is 15.3 Å². The number of benzene rings is 1. The van der Waals surface area contributed by atoms with E-state index >= 15 is 0 Å². The van der Waals surface area contributed by atoms with Crippen LogP contribution in [0.25, 0.3) is 0 Å². The normalized spacial score (nSPS) is 17.0. The Morgan fingerprint density at radius 3 is 2.74 bits per heavy atom. The van der Waals surface area contributed by atoms with Crippen LogP contribution in [0.5, 0.6) is 0 Å². The van der Waals surface area contributed by atoms with Gasteiger partial charge in [-0.25, -0.2) is 0 Å². The fourth-order valence-electron chi connectivity index (χ4n) is 3.26. The molecule has 6 nitrogen and oxygen atoms in total. The van der Waals surface area contributed by atoms with Gasteiger partial charge in [0.25, 0.3) is 5.91 Å². The van der Waals surface area contributed by atoms with Gasteiger partial charge in [0, 0.05) is 30.4 Å². The van der Waals surface area contributed by atoms with Crippen molar-refractivity contribution < 1.29 is 19.5 Å². The van der Waals surface area contributed by atoms with Crippen molar-refractivity contribution in [1.82, 2.24) is 10.2 Å². The third-order valence-corrected chi connectivity index (χ3v) is 5.57. The number of amides is 2. The van der Waals surface area contributed by atoms with Gasteiger partial charge in [0.05, 0.1) is 11.3 Å². The third-order valence-electron chi connectivity index (χ3n) is 4.50. The van der Waals surface area contributed by atoms with E-state index in [4.69, 9.17) is 5.11 Å². The first-order valence-corrected chi connectivity index (χ1v) is 10.4. The van der Waals surface area contributed by atoms with Crippen LogP contribution in [0.2, 0.25) is 0 Å². The molecule has 0 bridgehead atoms. The van der Waals surface area contributed by atoms with Crippen LogP contribution in [0, 0.1) is 5.92 Å². The molecule has 1 saturated heterocycles. The van der Waals surface area contributed by atoms with Gasteiger partial charge >= 0.3 is 5.97 Å². The summed E-state index contributed by atoms with van der Waals surface area (Å²) in [6, 6.07) is 7.45. The Hall–Kier alpha value is -2.02. The molecule has 0 spiro atoms. The highest BCUT2D eigenvalue weighted by molar-refractivity contribution is 8.00. The Labute approximate surface area is 164 Å². The van der Waals surface area contributed by atoms with E-state index in [0.29, 0.717) is 25.1 Å². The number of carboxylic acid groups (broad SMARTS) is 1. The Balaban J connectivity index is 2.01. The smallest absolute Gasteiger partial charge is 0.303 e. The van der Waals surface area contributed by atoms with Gasteiger partial charge in [-0.3, -0.25) is 14.4 Å². The molecule has 0 radical (unpaired) electrons. The first-order chi connectivity index (χ1) is 12.9. The third kappa shape index (κ3) is 6.90. The summed E-state index contributed by atoms with van der Waals surface area (Å²) in [7, 11) is 0. The number of thioether (sulfide) groups is 1. The zero-order valence-corrected chi connectivity index (χ0v) is 16.8. The first-order valence-electron chi connectivity index (χ1n) is 9.39. The topological polar surface area (TPSA) is 86.7 Å². The number of nitrogens with one attached hydrogen (secondary N) is 1. The minimum Gasteiger partial charge on any atom is -0.481 e. The van der Waals surface area contributed by atoms with Crippen molar-refractivity contribution in [2.45, 2.75) is 50.5 Å². The molecular weight excluding hydrogens is 364 g/mol. The van der Waals surface area contributed by atoms with E-state index in [2.05, 4.69) is 5.32 Å². The van der Waals surface area contributed by atoms with E-state index < -0.39 is 5.97 Å². The van der Waals surface area contributed by atoms with Gasteiger partial charge in [0.15, 0.2) is 0 Å². The molecule has 2 rings (SSSR count). The molecule has 1 aliphatic rings. The van der Waals surface area contributed by atoms with Gasteiger partial charge in [-0.2, -0.15) is 0 Å². The van der Waals surface area contributed by atoms with Crippen molar-refractivity contribution >= 4 is 29.5 Å². The molecule has 0 aromatic heterocycles. The maximum Gasteiger partial charge on any atom is 0.303 e. The lowest BCUT2D eigenvalue weighted by Crippen LogP contribution is -2.40. The molecule has 148 valence electrons. The van der Waals surface area contributed by atoms with E-state index in [1.54, 1.807) is 6.07 Å². The second-order valence-corrected chi connectivity index (χ2v) is 8.22. The Bertz CT molecular complexity index is 678. The standard InChI is InChI=1S/C20H28N2O4S/c1-14(2)21-18(23)13-27-17-8-4-3-7-16(17)20(26)22-11-5-6-15(12-22)9-10-19(24)25/h3-4,7-8,14-15H,5-6,9-13H2,1-2H3,(H,21,23)(H,24,25). The number of carbonyl (C=O) groups excluding carboxylic acids is 2. The lowest BCUT2D eigenvalue weighted by atomic mass is 9.93. The zero-order valence-electron chi connectivity index (χ0n) is 15.9. The molecule has 1 aliphatic heterocycles. The highest BCUT2D eigenvalue weighted by Gasteiger charge is 2.26. The number of rotatable bonds is 8. The molecule has 0 saturated carbocycles. The van der Waals surface area contributed by atoms with Crippen molar-refractivity contribution in [3.05, 3.63) is 29.8 Å². The largest absolute Gasteiger partial charge is 0.481 e. The average Bonchev–Trinajstić information content (AvgIpc) is 2.64. The van der Waals surface area contributed by atoms with E-state index in [9.17, 15) is 14.4 Å². The minimum atomic E-state index is -0.792. The summed E-state index contributed by atoms with van der Waals surface area (Å²) in [4.78, 5) is 38.4. The quantitative estimate of drug-likeness (QED) is 0.664. The van der Waals surface area contributed by atoms with Crippen molar-refractivity contribution in [3.8, 4) is 0 Å². The lowest BCUT2D eigenvalue weighted by molar-refractivity contribution is -0.137. The van der Waals surface area contributed by atoms with Gasteiger partial charge in [0.1, 0.15) is 0 Å². The minimum absolute atomic E-state index is 0.0395. The number of nitrogens with zero attached hydrogens (tertiary/aromatic N) is 1. The van der Waals surface area contributed by atoms with Crippen molar-refractivity contribution in [1.29, 1.82) is 0 Å². The van der Waals surface area contributed by atoms with Crippen LogP contribution >= 0.6 is 11.8 Å². The van der Waals surface area contributed by atoms with Crippen LogP contribution in [0.3, 0.4) is 0 Å². The summed E-state index contributed by atoms with van der Waals surface area (Å²) in [6.07, 6.45) is 2.60. The summed E-state index contributed by atoms with van der Waals surface area (Å²) in [5, 5.41) is 11.7. The average molecular weight is 393 g/mol. The number of carboxylic acids is 1. The van der Waals surface area contributed by atoms with Crippen LogP contribution < -0.4 is 5.32 Å².